The van der Waals surface area contributed by atoms with Crippen LogP contribution in [0.15, 0.2) is 54.6 Å². The van der Waals surface area contributed by atoms with Crippen LogP contribution in [0.5, 0.6) is 11.5 Å². The molecule has 3 aromatic carbocycles. The van der Waals surface area contributed by atoms with Crippen molar-refractivity contribution < 1.29 is 46.8 Å². The Morgan fingerprint density at radius 1 is 0.951 bits per heavy atom. The topological polar surface area (TPSA) is 96.3 Å². The molecule has 0 amide bonds. The van der Waals surface area contributed by atoms with Crippen molar-refractivity contribution in [3.8, 4) is 22.6 Å². The highest BCUT2D eigenvalue weighted by Gasteiger charge is 2.37. The minimum absolute atomic E-state index is 0.0165. The predicted octanol–water partition coefficient (Wildman–Crippen LogP) is 6.48. The van der Waals surface area contributed by atoms with Crippen molar-refractivity contribution in [3.63, 3.8) is 0 Å². The maximum absolute atomic E-state index is 14.9. The highest BCUT2D eigenvalue weighted by Crippen LogP contribution is 2.39. The maximum atomic E-state index is 14.9. The third-order valence-corrected chi connectivity index (χ3v) is 5.98. The van der Waals surface area contributed by atoms with Crippen LogP contribution in [-0.4, -0.2) is 53.3 Å². The van der Waals surface area contributed by atoms with Gasteiger partial charge in [0.1, 0.15) is 35.1 Å². The van der Waals surface area contributed by atoms with Gasteiger partial charge in [-0.3, -0.25) is 4.79 Å². The summed E-state index contributed by atoms with van der Waals surface area (Å²) in [7, 11) is 3.40. The molecule has 1 atom stereocenters. The van der Waals surface area contributed by atoms with Crippen LogP contribution in [0.25, 0.3) is 11.1 Å². The number of nitrogens with zero attached hydrogens (tertiary/aromatic N) is 1. The van der Waals surface area contributed by atoms with Gasteiger partial charge in [-0.15, -0.1) is 0 Å². The Kier molecular flexibility index (Phi) is 9.33. The molecule has 220 valence electrons. The van der Waals surface area contributed by atoms with Crippen LogP contribution >= 0.6 is 0 Å². The molecule has 0 aliphatic heterocycles. The first-order chi connectivity index (χ1) is 19.0. The molecular formula is C30H31F4NO6. The fraction of sp³-hybridized carbons (Fsp3) is 0.333. The van der Waals surface area contributed by atoms with Gasteiger partial charge >= 0.3 is 18.1 Å². The first-order valence-electron chi connectivity index (χ1n) is 12.5. The van der Waals surface area contributed by atoms with Gasteiger partial charge in [-0.05, 0) is 70.3 Å². The van der Waals surface area contributed by atoms with Crippen molar-refractivity contribution in [2.75, 3.05) is 20.6 Å². The Labute approximate surface area is 234 Å². The summed E-state index contributed by atoms with van der Waals surface area (Å²) in [6.45, 7) is 4.40. The number of carboxylic acid groups (broad SMARTS) is 1. The molecule has 11 heteroatoms. The van der Waals surface area contributed by atoms with E-state index in [0.717, 1.165) is 6.07 Å². The number of benzene rings is 3. The minimum atomic E-state index is -4.89. The largest absolute Gasteiger partial charge is 0.506 e. The molecule has 0 aliphatic carbocycles. The van der Waals surface area contributed by atoms with Crippen molar-refractivity contribution in [2.24, 2.45) is 0 Å². The van der Waals surface area contributed by atoms with E-state index in [1.54, 1.807) is 70.1 Å². The van der Waals surface area contributed by atoms with Gasteiger partial charge in [-0.1, -0.05) is 30.3 Å². The van der Waals surface area contributed by atoms with Gasteiger partial charge in [0.25, 0.3) is 0 Å². The van der Waals surface area contributed by atoms with Crippen LogP contribution in [0, 0.1) is 5.82 Å². The third-order valence-electron chi connectivity index (χ3n) is 5.98. The van der Waals surface area contributed by atoms with Crippen molar-refractivity contribution >= 4 is 11.9 Å². The number of aromatic hydroxyl groups is 1. The Balaban J connectivity index is 1.83. The SMILES string of the molecule is CN(C)CC(C(=O)O)c1ccc(-c2ccc(OCc3ccc(C(F)(F)F)c(O)c3C(=O)OC(C)(C)C)cc2)cc1F. The van der Waals surface area contributed by atoms with Crippen LogP contribution in [0.3, 0.4) is 0 Å². The van der Waals surface area contributed by atoms with E-state index in [1.807, 2.05) is 0 Å². The number of phenolic OH excluding ortho intramolecular Hbond substituents is 1. The average molecular weight is 578 g/mol. The van der Waals surface area contributed by atoms with Gasteiger partial charge in [0.15, 0.2) is 0 Å². The van der Waals surface area contributed by atoms with Gasteiger partial charge in [0.05, 0.1) is 11.5 Å². The lowest BCUT2D eigenvalue weighted by atomic mass is 9.95. The van der Waals surface area contributed by atoms with Crippen molar-refractivity contribution in [3.05, 3.63) is 82.7 Å². The molecule has 0 saturated heterocycles. The molecule has 41 heavy (non-hydrogen) atoms. The number of hydrogen-bond donors (Lipinski definition) is 2. The summed E-state index contributed by atoms with van der Waals surface area (Å²) in [5.41, 5.74) is -1.90. The highest BCUT2D eigenvalue weighted by atomic mass is 19.4. The molecule has 0 aromatic heterocycles. The molecule has 1 unspecified atom stereocenters. The van der Waals surface area contributed by atoms with E-state index in [0.29, 0.717) is 17.2 Å². The van der Waals surface area contributed by atoms with Gasteiger partial charge < -0.3 is 24.6 Å². The number of carboxylic acids is 1. The number of alkyl halides is 3. The van der Waals surface area contributed by atoms with E-state index in [1.165, 1.54) is 12.1 Å². The zero-order valence-electron chi connectivity index (χ0n) is 23.2. The second-order valence-electron chi connectivity index (χ2n) is 10.7. The van der Waals surface area contributed by atoms with Crippen LogP contribution in [-0.2, 0) is 22.3 Å². The van der Waals surface area contributed by atoms with Gasteiger partial charge in [-0.25, -0.2) is 9.18 Å². The van der Waals surface area contributed by atoms with E-state index in [4.69, 9.17) is 9.47 Å². The van der Waals surface area contributed by atoms with E-state index in [9.17, 15) is 37.4 Å². The first kappa shape index (κ1) is 31.4. The molecule has 0 saturated carbocycles. The summed E-state index contributed by atoms with van der Waals surface area (Å²) in [6, 6.07) is 12.3. The fourth-order valence-electron chi connectivity index (χ4n) is 4.11. The monoisotopic (exact) mass is 577 g/mol. The second-order valence-corrected chi connectivity index (χ2v) is 10.7. The summed E-state index contributed by atoms with van der Waals surface area (Å²) in [6.07, 6.45) is -4.89. The Bertz CT molecular complexity index is 1410. The number of carbonyl (C=O) groups is 2. The molecule has 2 N–H and O–H groups in total. The standard InChI is InChI=1S/C30H31F4NO6/c1-29(2,3)41-28(39)25-19(9-13-23(26(25)36)30(32,33)34)16-40-20-10-6-17(7-11-20)18-8-12-21(24(31)14-18)22(27(37)38)15-35(4)5/h6-14,22,36H,15-16H2,1-5H3,(H,37,38). The number of phenols is 1. The van der Waals surface area contributed by atoms with Gasteiger partial charge in [-0.2, -0.15) is 13.2 Å². The summed E-state index contributed by atoms with van der Waals surface area (Å²) in [5, 5.41) is 19.9. The smallest absolute Gasteiger partial charge is 0.419 e. The number of esters is 1. The molecule has 3 aromatic rings. The normalized spacial score (nSPS) is 12.7. The zero-order valence-corrected chi connectivity index (χ0v) is 23.2. The lowest BCUT2D eigenvalue weighted by molar-refractivity contribution is -0.140. The van der Waals surface area contributed by atoms with Gasteiger partial charge in [0, 0.05) is 17.7 Å². The number of rotatable bonds is 9. The predicted molar refractivity (Wildman–Crippen MR) is 143 cm³/mol. The number of aliphatic carboxylic acids is 1. The van der Waals surface area contributed by atoms with Crippen LogP contribution in [0.2, 0.25) is 0 Å². The van der Waals surface area contributed by atoms with Crippen LogP contribution < -0.4 is 4.74 Å². The first-order valence-corrected chi connectivity index (χ1v) is 12.5. The zero-order chi connectivity index (χ0) is 30.7. The van der Waals surface area contributed by atoms with E-state index < -0.39 is 52.3 Å². The van der Waals surface area contributed by atoms with E-state index >= 15 is 0 Å². The molecule has 0 bridgehead atoms. The molecule has 0 spiro atoms. The fourth-order valence-corrected chi connectivity index (χ4v) is 4.11. The van der Waals surface area contributed by atoms with Crippen LogP contribution in [0.1, 0.15) is 53.7 Å². The van der Waals surface area contributed by atoms with E-state index in [2.05, 4.69) is 0 Å². The Morgan fingerprint density at radius 2 is 1.56 bits per heavy atom. The van der Waals surface area contributed by atoms with Crippen molar-refractivity contribution in [1.29, 1.82) is 0 Å². The molecule has 0 fully saturated rings. The van der Waals surface area contributed by atoms with Crippen molar-refractivity contribution in [1.82, 2.24) is 4.90 Å². The minimum Gasteiger partial charge on any atom is -0.506 e. The average Bonchev–Trinajstić information content (AvgIpc) is 2.84. The number of ether oxygens (including phenoxy) is 2. The molecule has 7 nitrogen and oxygen atoms in total. The lowest BCUT2D eigenvalue weighted by Gasteiger charge is -2.22. The molecular weight excluding hydrogens is 546 g/mol. The quantitative estimate of drug-likeness (QED) is 0.222. The third kappa shape index (κ3) is 7.97. The number of halogens is 4. The highest BCUT2D eigenvalue weighted by molar-refractivity contribution is 5.95. The summed E-state index contributed by atoms with van der Waals surface area (Å²) in [5.74, 6) is -4.92. The second kappa shape index (κ2) is 12.2. The number of carbonyl (C=O) groups excluding carboxylic acids is 1. The van der Waals surface area contributed by atoms with Gasteiger partial charge in [0.2, 0.25) is 0 Å². The lowest BCUT2D eigenvalue weighted by Crippen LogP contribution is -2.26. The number of hydrogen-bond acceptors (Lipinski definition) is 6. The summed E-state index contributed by atoms with van der Waals surface area (Å²) >= 11 is 0. The Hall–Kier alpha value is -4.12. The molecule has 3 rings (SSSR count). The Morgan fingerprint density at radius 3 is 2.07 bits per heavy atom. The van der Waals surface area contributed by atoms with E-state index in [-0.39, 0.29) is 30.0 Å². The van der Waals surface area contributed by atoms with Crippen molar-refractivity contribution in [2.45, 2.75) is 45.1 Å². The number of likely N-dealkylation sites (N-methyl/N-ethyl adjacent to an activating group) is 1. The molecule has 0 heterocycles. The maximum Gasteiger partial charge on any atom is 0.419 e. The summed E-state index contributed by atoms with van der Waals surface area (Å²) in [4.78, 5) is 26.0. The van der Waals surface area contributed by atoms with Crippen LogP contribution in [0.4, 0.5) is 17.6 Å². The molecule has 0 aliphatic rings. The molecule has 0 radical (unpaired) electrons. The summed E-state index contributed by atoms with van der Waals surface area (Å²) < 4.78 is 65.9.